The summed E-state index contributed by atoms with van der Waals surface area (Å²) in [6, 6.07) is 0.885. The van der Waals surface area contributed by atoms with Gasteiger partial charge in [-0.25, -0.2) is 13.8 Å². The van der Waals surface area contributed by atoms with Crippen LogP contribution in [0.15, 0.2) is 6.07 Å². The van der Waals surface area contributed by atoms with Crippen LogP contribution in [0.3, 0.4) is 0 Å². The van der Waals surface area contributed by atoms with Crippen LogP contribution >= 0.6 is 11.8 Å². The number of halogens is 2. The summed E-state index contributed by atoms with van der Waals surface area (Å²) >= 11 is 1.83. The molecule has 0 radical (unpaired) electrons. The van der Waals surface area contributed by atoms with Gasteiger partial charge in [0.05, 0.1) is 0 Å². The Morgan fingerprint density at radius 3 is 2.62 bits per heavy atom. The van der Waals surface area contributed by atoms with Gasteiger partial charge in [-0.3, -0.25) is 0 Å². The molecule has 1 saturated heterocycles. The van der Waals surface area contributed by atoms with E-state index in [2.05, 4.69) is 10.3 Å². The van der Waals surface area contributed by atoms with Crippen molar-refractivity contribution < 1.29 is 8.78 Å². The number of hydrogen-bond donors (Lipinski definition) is 1. The van der Waals surface area contributed by atoms with Gasteiger partial charge >= 0.3 is 0 Å². The first-order valence-corrected chi connectivity index (χ1v) is 6.24. The quantitative estimate of drug-likeness (QED) is 0.862. The molecule has 1 N–H and O–H groups in total. The smallest absolute Gasteiger partial charge is 0.168 e. The van der Waals surface area contributed by atoms with Crippen molar-refractivity contribution in [2.24, 2.45) is 0 Å². The highest BCUT2D eigenvalue weighted by Crippen LogP contribution is 2.24. The number of nitrogens with zero attached hydrogens (tertiary/aromatic N) is 2. The summed E-state index contributed by atoms with van der Waals surface area (Å²) in [7, 11) is 1.57. The third-order valence-electron chi connectivity index (χ3n) is 2.46. The lowest BCUT2D eigenvalue weighted by Gasteiger charge is -2.27. The van der Waals surface area contributed by atoms with Crippen LogP contribution in [0.1, 0.15) is 0 Å². The van der Waals surface area contributed by atoms with E-state index in [9.17, 15) is 8.78 Å². The fourth-order valence-electron chi connectivity index (χ4n) is 1.63. The van der Waals surface area contributed by atoms with E-state index in [1.54, 1.807) is 7.05 Å². The fourth-order valence-corrected chi connectivity index (χ4v) is 2.53. The Bertz CT molecular complexity index is 381. The normalized spacial score (nSPS) is 16.3. The summed E-state index contributed by atoms with van der Waals surface area (Å²) in [5.41, 5.74) is 0. The third kappa shape index (κ3) is 2.21. The molecule has 0 unspecified atom stereocenters. The first-order valence-electron chi connectivity index (χ1n) is 5.09. The maximum Gasteiger partial charge on any atom is 0.168 e. The molecule has 1 aromatic rings. The second-order valence-electron chi connectivity index (χ2n) is 3.47. The summed E-state index contributed by atoms with van der Waals surface area (Å²) < 4.78 is 26.8. The molecule has 2 heterocycles. The van der Waals surface area contributed by atoms with Crippen molar-refractivity contribution in [2.45, 2.75) is 0 Å². The van der Waals surface area contributed by atoms with Crippen LogP contribution in [0.2, 0.25) is 0 Å². The summed E-state index contributed by atoms with van der Waals surface area (Å²) in [5.74, 6) is 0.986. The molecule has 1 aliphatic heterocycles. The van der Waals surface area contributed by atoms with E-state index in [4.69, 9.17) is 0 Å². The minimum atomic E-state index is -0.657. The second kappa shape index (κ2) is 4.86. The van der Waals surface area contributed by atoms with Crippen molar-refractivity contribution in [3.8, 4) is 0 Å². The van der Waals surface area contributed by atoms with Crippen LogP contribution in [-0.4, -0.2) is 36.6 Å². The fraction of sp³-hybridized carbons (Fsp3) is 0.500. The maximum absolute atomic E-state index is 13.6. The molecule has 1 aromatic heterocycles. The Kier molecular flexibility index (Phi) is 3.48. The van der Waals surface area contributed by atoms with Crippen LogP contribution in [0.4, 0.5) is 20.4 Å². The van der Waals surface area contributed by atoms with Gasteiger partial charge in [0.1, 0.15) is 0 Å². The zero-order valence-electron chi connectivity index (χ0n) is 8.96. The topological polar surface area (TPSA) is 28.2 Å². The summed E-state index contributed by atoms with van der Waals surface area (Å²) in [5, 5.41) is 2.62. The summed E-state index contributed by atoms with van der Waals surface area (Å²) in [6.07, 6.45) is 0. The Balaban J connectivity index is 2.31. The van der Waals surface area contributed by atoms with Crippen LogP contribution in [0.25, 0.3) is 0 Å². The zero-order chi connectivity index (χ0) is 11.5. The monoisotopic (exact) mass is 245 g/mol. The first-order chi connectivity index (χ1) is 7.72. The van der Waals surface area contributed by atoms with Crippen LogP contribution in [-0.2, 0) is 0 Å². The van der Waals surface area contributed by atoms with E-state index >= 15 is 0 Å². The Hall–Kier alpha value is -1.04. The van der Waals surface area contributed by atoms with Gasteiger partial charge in [-0.15, -0.1) is 0 Å². The molecular weight excluding hydrogens is 232 g/mol. The predicted octanol–water partition coefficient (Wildman–Crippen LogP) is 1.95. The first kappa shape index (κ1) is 11.4. The number of thioether (sulfide) groups is 1. The van der Waals surface area contributed by atoms with E-state index in [1.165, 1.54) is 0 Å². The van der Waals surface area contributed by atoms with E-state index in [-0.39, 0.29) is 11.6 Å². The molecule has 0 aliphatic carbocycles. The standard InChI is InChI=1S/C10H13F2N3S/c1-13-9-7(11)6-8(12)10(14-9)15-2-4-16-5-3-15/h6H,2-5H2,1H3,(H,13,14). The Morgan fingerprint density at radius 1 is 1.31 bits per heavy atom. The van der Waals surface area contributed by atoms with Gasteiger partial charge in [-0.2, -0.15) is 11.8 Å². The Morgan fingerprint density at radius 2 is 2.00 bits per heavy atom. The summed E-state index contributed by atoms with van der Waals surface area (Å²) in [6.45, 7) is 1.51. The molecule has 6 heteroatoms. The largest absolute Gasteiger partial charge is 0.371 e. The molecule has 88 valence electrons. The molecule has 0 aromatic carbocycles. The van der Waals surface area contributed by atoms with E-state index in [1.807, 2.05) is 16.7 Å². The minimum absolute atomic E-state index is 0.0922. The highest BCUT2D eigenvalue weighted by atomic mass is 32.2. The number of nitrogens with one attached hydrogen (secondary N) is 1. The lowest BCUT2D eigenvalue weighted by molar-refractivity contribution is 0.571. The SMILES string of the molecule is CNc1nc(N2CCSCC2)c(F)cc1F. The number of anilines is 2. The van der Waals surface area contributed by atoms with E-state index < -0.39 is 11.6 Å². The molecule has 0 bridgehead atoms. The van der Waals surface area contributed by atoms with Crippen molar-refractivity contribution in [2.75, 3.05) is 41.9 Å². The van der Waals surface area contributed by atoms with Crippen molar-refractivity contribution in [1.29, 1.82) is 0 Å². The van der Waals surface area contributed by atoms with E-state index in [0.717, 1.165) is 30.7 Å². The van der Waals surface area contributed by atoms with Gasteiger partial charge in [0.2, 0.25) is 0 Å². The molecule has 16 heavy (non-hydrogen) atoms. The number of hydrogen-bond acceptors (Lipinski definition) is 4. The Labute approximate surface area is 97.2 Å². The van der Waals surface area contributed by atoms with Crippen LogP contribution < -0.4 is 10.2 Å². The zero-order valence-corrected chi connectivity index (χ0v) is 9.78. The minimum Gasteiger partial charge on any atom is -0.371 e. The van der Waals surface area contributed by atoms with Crippen molar-refractivity contribution >= 4 is 23.4 Å². The number of aromatic nitrogens is 1. The van der Waals surface area contributed by atoms with Gasteiger partial charge in [0, 0.05) is 37.7 Å². The van der Waals surface area contributed by atoms with Gasteiger partial charge in [-0.1, -0.05) is 0 Å². The summed E-state index contributed by atoms with van der Waals surface area (Å²) in [4.78, 5) is 5.82. The highest BCUT2D eigenvalue weighted by molar-refractivity contribution is 7.99. The maximum atomic E-state index is 13.6. The molecule has 0 atom stereocenters. The van der Waals surface area contributed by atoms with Crippen molar-refractivity contribution in [3.63, 3.8) is 0 Å². The molecule has 1 aliphatic rings. The third-order valence-corrected chi connectivity index (χ3v) is 3.40. The molecule has 2 rings (SSSR count). The van der Waals surface area contributed by atoms with Gasteiger partial charge in [0.15, 0.2) is 23.3 Å². The average molecular weight is 245 g/mol. The number of pyridine rings is 1. The predicted molar refractivity (Wildman–Crippen MR) is 63.2 cm³/mol. The van der Waals surface area contributed by atoms with Gasteiger partial charge in [-0.05, 0) is 0 Å². The molecule has 0 amide bonds. The molecule has 1 fully saturated rings. The molecule has 0 spiro atoms. The highest BCUT2D eigenvalue weighted by Gasteiger charge is 2.18. The lowest BCUT2D eigenvalue weighted by atomic mass is 10.3. The molecule has 3 nitrogen and oxygen atoms in total. The average Bonchev–Trinajstić information content (AvgIpc) is 2.30. The van der Waals surface area contributed by atoms with Gasteiger partial charge in [0.25, 0.3) is 0 Å². The number of rotatable bonds is 2. The van der Waals surface area contributed by atoms with Crippen LogP contribution in [0.5, 0.6) is 0 Å². The van der Waals surface area contributed by atoms with Crippen molar-refractivity contribution in [1.82, 2.24) is 4.98 Å². The van der Waals surface area contributed by atoms with Gasteiger partial charge < -0.3 is 10.2 Å². The lowest BCUT2D eigenvalue weighted by Crippen LogP contribution is -2.34. The molecule has 0 saturated carbocycles. The van der Waals surface area contributed by atoms with Crippen LogP contribution in [0, 0.1) is 11.6 Å². The van der Waals surface area contributed by atoms with E-state index in [0.29, 0.717) is 0 Å². The second-order valence-corrected chi connectivity index (χ2v) is 4.70. The molecular formula is C10H13F2N3S. The van der Waals surface area contributed by atoms with Crippen molar-refractivity contribution in [3.05, 3.63) is 17.7 Å².